The van der Waals surface area contributed by atoms with E-state index < -0.39 is 0 Å². The fourth-order valence-corrected chi connectivity index (χ4v) is 3.10. The molecule has 18 heavy (non-hydrogen) atoms. The molecule has 1 aromatic rings. The van der Waals surface area contributed by atoms with E-state index in [9.17, 15) is 0 Å². The van der Waals surface area contributed by atoms with E-state index in [0.29, 0.717) is 0 Å². The summed E-state index contributed by atoms with van der Waals surface area (Å²) in [6, 6.07) is 8.43. The van der Waals surface area contributed by atoms with Gasteiger partial charge in [-0.2, -0.15) is 5.26 Å². The zero-order valence-electron chi connectivity index (χ0n) is 10.8. The van der Waals surface area contributed by atoms with Crippen LogP contribution in [-0.4, -0.2) is 5.88 Å². The Labute approximate surface area is 115 Å². The van der Waals surface area contributed by atoms with Crippen LogP contribution in [0, 0.1) is 11.3 Å². The number of nitriles is 1. The van der Waals surface area contributed by atoms with Crippen molar-refractivity contribution in [3.63, 3.8) is 0 Å². The summed E-state index contributed by atoms with van der Waals surface area (Å²) in [6.45, 7) is 0. The highest BCUT2D eigenvalue weighted by molar-refractivity contribution is 6.17. The summed E-state index contributed by atoms with van der Waals surface area (Å²) in [5, 5.41) is 8.90. The lowest BCUT2D eigenvalue weighted by Crippen LogP contribution is -1.94. The number of rotatable bonds is 6. The van der Waals surface area contributed by atoms with Gasteiger partial charge in [-0.25, -0.2) is 0 Å². The highest BCUT2D eigenvalue weighted by atomic mass is 35.5. The zero-order valence-corrected chi connectivity index (χ0v) is 11.5. The summed E-state index contributed by atoms with van der Waals surface area (Å²) in [6.07, 6.45) is 8.72. The molecule has 0 aliphatic heterocycles. The van der Waals surface area contributed by atoms with Gasteiger partial charge in [-0.15, -0.1) is 11.6 Å². The first kappa shape index (κ1) is 13.4. The Hall–Kier alpha value is -1.00. The van der Waals surface area contributed by atoms with Gasteiger partial charge in [0.1, 0.15) is 0 Å². The van der Waals surface area contributed by atoms with Crippen LogP contribution in [0.25, 0.3) is 0 Å². The van der Waals surface area contributed by atoms with Gasteiger partial charge >= 0.3 is 0 Å². The van der Waals surface area contributed by atoms with Crippen LogP contribution in [0.1, 0.15) is 61.1 Å². The molecule has 0 bridgehead atoms. The van der Waals surface area contributed by atoms with E-state index in [2.05, 4.69) is 18.2 Å². The van der Waals surface area contributed by atoms with Gasteiger partial charge in [0.2, 0.25) is 0 Å². The Balaban J connectivity index is 1.86. The number of halogens is 1. The zero-order chi connectivity index (χ0) is 12.8. The lowest BCUT2D eigenvalue weighted by molar-refractivity contribution is 0.551. The number of fused-ring (bicyclic) bond motifs is 1. The standard InChI is InChI=1S/C16H20ClN/c17-10-4-2-1-3-5-14-7-8-15-11-13(12-18)6-9-16(14)15/h6,9,11,14H,1-5,7-8,10H2. The molecule has 0 amide bonds. The molecule has 0 radical (unpaired) electrons. The largest absolute Gasteiger partial charge is 0.192 e. The molecule has 1 atom stereocenters. The second-order valence-corrected chi connectivity index (χ2v) is 5.53. The Morgan fingerprint density at radius 3 is 2.83 bits per heavy atom. The Morgan fingerprint density at radius 1 is 1.22 bits per heavy atom. The van der Waals surface area contributed by atoms with Crippen molar-refractivity contribution < 1.29 is 0 Å². The van der Waals surface area contributed by atoms with E-state index in [1.54, 1.807) is 0 Å². The van der Waals surface area contributed by atoms with E-state index in [4.69, 9.17) is 16.9 Å². The highest BCUT2D eigenvalue weighted by Crippen LogP contribution is 2.37. The van der Waals surface area contributed by atoms with Gasteiger partial charge in [0.05, 0.1) is 11.6 Å². The molecule has 0 aromatic heterocycles. The molecule has 96 valence electrons. The third kappa shape index (κ3) is 3.27. The van der Waals surface area contributed by atoms with Crippen LogP contribution in [0.3, 0.4) is 0 Å². The summed E-state index contributed by atoms with van der Waals surface area (Å²) in [4.78, 5) is 0. The molecule has 0 heterocycles. The minimum Gasteiger partial charge on any atom is -0.192 e. The molecule has 0 saturated carbocycles. The molecule has 1 aromatic carbocycles. The van der Waals surface area contributed by atoms with Gasteiger partial charge in [-0.05, 0) is 54.9 Å². The second-order valence-electron chi connectivity index (χ2n) is 5.15. The topological polar surface area (TPSA) is 23.8 Å². The van der Waals surface area contributed by atoms with Gasteiger partial charge in [-0.1, -0.05) is 25.3 Å². The van der Waals surface area contributed by atoms with Crippen molar-refractivity contribution in [1.29, 1.82) is 5.26 Å². The molecule has 1 aliphatic carbocycles. The predicted molar refractivity (Wildman–Crippen MR) is 76.0 cm³/mol. The molecular weight excluding hydrogens is 242 g/mol. The van der Waals surface area contributed by atoms with Gasteiger partial charge in [0.15, 0.2) is 0 Å². The third-order valence-electron chi connectivity index (χ3n) is 3.91. The van der Waals surface area contributed by atoms with Crippen molar-refractivity contribution in [2.24, 2.45) is 0 Å². The Morgan fingerprint density at radius 2 is 2.06 bits per heavy atom. The van der Waals surface area contributed by atoms with Crippen molar-refractivity contribution in [2.45, 2.75) is 50.9 Å². The molecule has 1 unspecified atom stereocenters. The van der Waals surface area contributed by atoms with Crippen molar-refractivity contribution in [3.05, 3.63) is 34.9 Å². The van der Waals surface area contributed by atoms with Gasteiger partial charge in [0, 0.05) is 5.88 Å². The van der Waals surface area contributed by atoms with Gasteiger partial charge < -0.3 is 0 Å². The maximum absolute atomic E-state index is 8.90. The quantitative estimate of drug-likeness (QED) is 0.534. The molecular formula is C16H20ClN. The maximum Gasteiger partial charge on any atom is 0.0991 e. The van der Waals surface area contributed by atoms with E-state index >= 15 is 0 Å². The summed E-state index contributed by atoms with van der Waals surface area (Å²) < 4.78 is 0. The lowest BCUT2D eigenvalue weighted by Gasteiger charge is -2.11. The van der Waals surface area contributed by atoms with Crippen molar-refractivity contribution in [3.8, 4) is 6.07 Å². The number of benzene rings is 1. The molecule has 0 spiro atoms. The minimum atomic E-state index is 0.726. The number of nitrogens with zero attached hydrogens (tertiary/aromatic N) is 1. The fraction of sp³-hybridized carbons (Fsp3) is 0.562. The minimum absolute atomic E-state index is 0.726. The summed E-state index contributed by atoms with van der Waals surface area (Å²) in [5.74, 6) is 1.52. The van der Waals surface area contributed by atoms with Crippen molar-refractivity contribution in [2.75, 3.05) is 5.88 Å². The molecule has 1 nitrogen and oxygen atoms in total. The molecule has 0 N–H and O–H groups in total. The molecule has 0 fully saturated rings. The van der Waals surface area contributed by atoms with Crippen LogP contribution in [0.5, 0.6) is 0 Å². The molecule has 2 rings (SSSR count). The SMILES string of the molecule is N#Cc1ccc2c(c1)CCC2CCCCCCCl. The number of hydrogen-bond acceptors (Lipinski definition) is 1. The van der Waals surface area contributed by atoms with E-state index in [0.717, 1.165) is 30.2 Å². The summed E-state index contributed by atoms with van der Waals surface area (Å²) in [7, 11) is 0. The number of alkyl halides is 1. The van der Waals surface area contributed by atoms with Crippen LogP contribution in [-0.2, 0) is 6.42 Å². The van der Waals surface area contributed by atoms with Crippen LogP contribution in [0.2, 0.25) is 0 Å². The van der Waals surface area contributed by atoms with E-state index in [1.165, 1.54) is 43.2 Å². The third-order valence-corrected chi connectivity index (χ3v) is 4.18. The average molecular weight is 262 g/mol. The second kappa shape index (κ2) is 6.81. The number of unbranched alkanes of at least 4 members (excludes halogenated alkanes) is 3. The summed E-state index contributed by atoms with van der Waals surface area (Å²) >= 11 is 5.68. The van der Waals surface area contributed by atoms with E-state index in [-0.39, 0.29) is 0 Å². The molecule has 1 aliphatic rings. The van der Waals surface area contributed by atoms with Crippen LogP contribution >= 0.6 is 11.6 Å². The molecule has 0 saturated heterocycles. The number of aryl methyl sites for hydroxylation is 1. The smallest absolute Gasteiger partial charge is 0.0991 e. The fourth-order valence-electron chi connectivity index (χ4n) is 2.91. The first-order valence-electron chi connectivity index (χ1n) is 6.94. The van der Waals surface area contributed by atoms with Crippen LogP contribution in [0.15, 0.2) is 18.2 Å². The number of hydrogen-bond donors (Lipinski definition) is 0. The summed E-state index contributed by atoms with van der Waals surface area (Å²) in [5.41, 5.74) is 3.70. The average Bonchev–Trinajstić information content (AvgIpc) is 2.81. The van der Waals surface area contributed by atoms with Crippen LogP contribution < -0.4 is 0 Å². The maximum atomic E-state index is 8.90. The monoisotopic (exact) mass is 261 g/mol. The molecule has 2 heteroatoms. The van der Waals surface area contributed by atoms with Crippen molar-refractivity contribution in [1.82, 2.24) is 0 Å². The van der Waals surface area contributed by atoms with Crippen molar-refractivity contribution >= 4 is 11.6 Å². The first-order valence-corrected chi connectivity index (χ1v) is 7.47. The van der Waals surface area contributed by atoms with E-state index in [1.807, 2.05) is 6.07 Å². The predicted octanol–water partition coefficient (Wildman–Crippen LogP) is 4.78. The first-order chi connectivity index (χ1) is 8.85. The normalized spacial score (nSPS) is 17.4. The highest BCUT2D eigenvalue weighted by Gasteiger charge is 2.21. The lowest BCUT2D eigenvalue weighted by atomic mass is 9.94. The van der Waals surface area contributed by atoms with Crippen LogP contribution in [0.4, 0.5) is 0 Å². The Bertz CT molecular complexity index is 433. The van der Waals surface area contributed by atoms with Gasteiger partial charge in [0.25, 0.3) is 0 Å². The van der Waals surface area contributed by atoms with Gasteiger partial charge in [-0.3, -0.25) is 0 Å². The Kier molecular flexibility index (Phi) is 5.08.